The molecule has 0 aliphatic rings. The molecule has 0 unspecified atom stereocenters. The Morgan fingerprint density at radius 1 is 0.900 bits per heavy atom. The van der Waals surface area contributed by atoms with Gasteiger partial charge >= 0.3 is 130 Å². The summed E-state index contributed by atoms with van der Waals surface area (Å²) in [4.78, 5) is 0. The Bertz CT molecular complexity index is 367. The molecule has 1 aromatic rings. The molecule has 0 saturated carbocycles. The van der Waals surface area contributed by atoms with E-state index in [0.717, 1.165) is 0 Å². The zero-order chi connectivity index (χ0) is 14.8. The summed E-state index contributed by atoms with van der Waals surface area (Å²) in [6, 6.07) is 9.32. The van der Waals surface area contributed by atoms with Gasteiger partial charge in [0.05, 0.1) is 0 Å². The maximum atomic E-state index is 5.86. The van der Waals surface area contributed by atoms with E-state index in [1.807, 2.05) is 0 Å². The Hall–Kier alpha value is -0.0213. The summed E-state index contributed by atoms with van der Waals surface area (Å²) in [5, 5.41) is 0. The van der Waals surface area contributed by atoms with Gasteiger partial charge in [-0.1, -0.05) is 0 Å². The topological polar surface area (TPSA) is 26.0 Å². The molecule has 0 saturated heterocycles. The number of rotatable bonds is 10. The second-order valence-corrected chi connectivity index (χ2v) is 19.4. The summed E-state index contributed by atoms with van der Waals surface area (Å²) >= 11 is -2.19. The Kier molecular flexibility index (Phi) is 8.86. The van der Waals surface area contributed by atoms with E-state index in [1.165, 1.54) is 51.0 Å². The monoisotopic (exact) mass is 383 g/mol. The van der Waals surface area contributed by atoms with Crippen LogP contribution in [0.5, 0.6) is 0 Å². The molecule has 0 atom stereocenters. The molecule has 0 radical (unpaired) electrons. The molecule has 1 rings (SSSR count). The fraction of sp³-hybridized carbons (Fsp3) is 0.667. The predicted molar refractivity (Wildman–Crippen MR) is 94.2 cm³/mol. The average molecular weight is 382 g/mol. The molecule has 1 aromatic carbocycles. The van der Waals surface area contributed by atoms with E-state index in [2.05, 4.69) is 45.0 Å². The summed E-state index contributed by atoms with van der Waals surface area (Å²) in [5.41, 5.74) is 7.19. The molecular weight excluding hydrogens is 349 g/mol. The molecule has 0 heterocycles. The Labute approximate surface area is 130 Å². The normalized spacial score (nSPS) is 11.8. The van der Waals surface area contributed by atoms with Gasteiger partial charge in [-0.05, 0) is 0 Å². The van der Waals surface area contributed by atoms with E-state index in [0.29, 0.717) is 6.54 Å². The Balaban J connectivity index is 3.08. The van der Waals surface area contributed by atoms with Crippen LogP contribution in [0.4, 0.5) is 0 Å². The zero-order valence-electron chi connectivity index (χ0n) is 13.8. The third kappa shape index (κ3) is 5.07. The van der Waals surface area contributed by atoms with E-state index in [-0.39, 0.29) is 0 Å². The van der Waals surface area contributed by atoms with E-state index >= 15 is 0 Å². The van der Waals surface area contributed by atoms with Crippen molar-refractivity contribution >= 4 is 22.0 Å². The molecule has 2 heteroatoms. The summed E-state index contributed by atoms with van der Waals surface area (Å²) in [6.07, 6.45) is 6.88. The first kappa shape index (κ1) is 18.0. The first-order valence-electron chi connectivity index (χ1n) is 8.52. The molecule has 0 bridgehead atoms. The molecule has 0 aliphatic carbocycles. The van der Waals surface area contributed by atoms with Gasteiger partial charge in [-0.15, -0.1) is 0 Å². The molecule has 114 valence electrons. The minimum atomic E-state index is -2.19. The number of hydrogen-bond donors (Lipinski definition) is 1. The van der Waals surface area contributed by atoms with Crippen molar-refractivity contribution in [3.05, 3.63) is 29.8 Å². The molecule has 0 fully saturated rings. The zero-order valence-corrected chi connectivity index (χ0v) is 16.6. The van der Waals surface area contributed by atoms with Crippen molar-refractivity contribution in [2.45, 2.75) is 72.7 Å². The predicted octanol–water partition coefficient (Wildman–Crippen LogP) is 4.81. The van der Waals surface area contributed by atoms with Crippen LogP contribution in [-0.4, -0.2) is 18.4 Å². The van der Waals surface area contributed by atoms with Crippen LogP contribution < -0.4 is 9.31 Å². The van der Waals surface area contributed by atoms with Crippen molar-refractivity contribution in [2.75, 3.05) is 0 Å². The second-order valence-electron chi connectivity index (χ2n) is 6.14. The van der Waals surface area contributed by atoms with Gasteiger partial charge in [0.1, 0.15) is 0 Å². The fourth-order valence-corrected chi connectivity index (χ4v) is 19.3. The van der Waals surface area contributed by atoms with Crippen LogP contribution in [-0.2, 0) is 6.54 Å². The average Bonchev–Trinajstić information content (AvgIpc) is 2.50. The van der Waals surface area contributed by atoms with Crippen molar-refractivity contribution < 1.29 is 0 Å². The van der Waals surface area contributed by atoms with Crippen LogP contribution in [0.25, 0.3) is 0 Å². The van der Waals surface area contributed by atoms with Crippen molar-refractivity contribution in [3.8, 4) is 0 Å². The van der Waals surface area contributed by atoms with Gasteiger partial charge in [0.25, 0.3) is 0 Å². The van der Waals surface area contributed by atoms with Crippen molar-refractivity contribution in [1.82, 2.24) is 0 Å². The van der Waals surface area contributed by atoms with E-state index in [1.54, 1.807) is 3.58 Å². The molecular formula is C18H33NSn. The van der Waals surface area contributed by atoms with Crippen molar-refractivity contribution in [1.29, 1.82) is 0 Å². The summed E-state index contributed by atoms with van der Waals surface area (Å²) in [6.45, 7) is 7.72. The summed E-state index contributed by atoms with van der Waals surface area (Å²) < 4.78 is 6.33. The first-order chi connectivity index (χ1) is 9.72. The first-order valence-corrected chi connectivity index (χ1v) is 16.0. The maximum absolute atomic E-state index is 5.86. The molecule has 1 nitrogen and oxygen atoms in total. The number of unbranched alkanes of at least 4 members (excludes halogenated alkanes) is 2. The van der Waals surface area contributed by atoms with E-state index in [4.69, 9.17) is 5.73 Å². The fourth-order valence-electron chi connectivity index (χ4n) is 3.35. The molecule has 0 aromatic heterocycles. The van der Waals surface area contributed by atoms with Gasteiger partial charge in [0, 0.05) is 0 Å². The van der Waals surface area contributed by atoms with Gasteiger partial charge < -0.3 is 0 Å². The number of hydrogen-bond acceptors (Lipinski definition) is 1. The number of benzene rings is 1. The summed E-state index contributed by atoms with van der Waals surface area (Å²) in [7, 11) is 0. The van der Waals surface area contributed by atoms with Crippen LogP contribution in [0.3, 0.4) is 0 Å². The standard InChI is InChI=1S/C7H8N.2C4H9.C3H7.Sn/c8-6-7-4-2-1-3-5-7;2*1-3-4-2;1-3-2;/h1-2,4-5H,6,8H2;2*1,3-4H2,2H3;1,3H2,2H3;. The van der Waals surface area contributed by atoms with Gasteiger partial charge in [0.2, 0.25) is 0 Å². The van der Waals surface area contributed by atoms with E-state index < -0.39 is 18.4 Å². The van der Waals surface area contributed by atoms with Crippen LogP contribution >= 0.6 is 0 Å². The van der Waals surface area contributed by atoms with Gasteiger partial charge in [-0.25, -0.2) is 0 Å². The second kappa shape index (κ2) is 9.83. The minimum absolute atomic E-state index is 0.684. The molecule has 2 N–H and O–H groups in total. The molecule has 0 aliphatic heterocycles. The Morgan fingerprint density at radius 2 is 1.55 bits per heavy atom. The van der Waals surface area contributed by atoms with Crippen LogP contribution in [0.2, 0.25) is 13.3 Å². The van der Waals surface area contributed by atoms with Crippen molar-refractivity contribution in [3.63, 3.8) is 0 Å². The third-order valence-corrected chi connectivity index (χ3v) is 20.5. The van der Waals surface area contributed by atoms with E-state index in [9.17, 15) is 0 Å². The third-order valence-electron chi connectivity index (χ3n) is 4.52. The van der Waals surface area contributed by atoms with Crippen LogP contribution in [0.1, 0.15) is 58.4 Å². The Morgan fingerprint density at radius 3 is 2.05 bits per heavy atom. The van der Waals surface area contributed by atoms with Gasteiger partial charge in [-0.3, -0.25) is 0 Å². The number of nitrogens with two attached hydrogens (primary N) is 1. The SMILES string of the molecule is CCC[CH2][Sn]([CH2]CC)([CH2]CCC)[c]1cccc(CN)c1. The van der Waals surface area contributed by atoms with Crippen LogP contribution in [0, 0.1) is 0 Å². The van der Waals surface area contributed by atoms with Gasteiger partial charge in [-0.2, -0.15) is 0 Å². The molecule has 0 spiro atoms. The quantitative estimate of drug-likeness (QED) is 0.578. The summed E-state index contributed by atoms with van der Waals surface area (Å²) in [5.74, 6) is 0. The molecule has 0 amide bonds. The van der Waals surface area contributed by atoms with Crippen molar-refractivity contribution in [2.24, 2.45) is 5.73 Å². The van der Waals surface area contributed by atoms with Crippen LogP contribution in [0.15, 0.2) is 24.3 Å². The molecule has 20 heavy (non-hydrogen) atoms. The van der Waals surface area contributed by atoms with Gasteiger partial charge in [0.15, 0.2) is 0 Å².